The van der Waals surface area contributed by atoms with Crippen molar-refractivity contribution in [2.45, 2.75) is 18.8 Å². The first-order chi connectivity index (χ1) is 11.7. The van der Waals surface area contributed by atoms with E-state index in [-0.39, 0.29) is 11.8 Å². The number of carbonyl (C=O) groups excluding carboxylic acids is 1. The van der Waals surface area contributed by atoms with E-state index in [1.165, 1.54) is 0 Å². The fourth-order valence-corrected chi connectivity index (χ4v) is 3.36. The molecule has 6 nitrogen and oxygen atoms in total. The third-order valence-electron chi connectivity index (χ3n) is 4.97. The number of benzene rings is 1. The number of H-pyrrole nitrogens is 1. The summed E-state index contributed by atoms with van der Waals surface area (Å²) in [7, 11) is 0. The Labute approximate surface area is 138 Å². The largest absolute Gasteiger partial charge is 0.341 e. The van der Waals surface area contributed by atoms with Crippen molar-refractivity contribution in [3.63, 3.8) is 0 Å². The number of hydrogen-bond donors (Lipinski definition) is 1. The smallest absolute Gasteiger partial charge is 0.225 e. The summed E-state index contributed by atoms with van der Waals surface area (Å²) in [6, 6.07) is 7.61. The molecule has 24 heavy (non-hydrogen) atoms. The molecule has 5 rings (SSSR count). The first-order valence-electron chi connectivity index (χ1n) is 8.20. The van der Waals surface area contributed by atoms with Crippen molar-refractivity contribution in [2.24, 2.45) is 5.92 Å². The molecule has 0 radical (unpaired) electrons. The van der Waals surface area contributed by atoms with E-state index in [1.54, 1.807) is 12.3 Å². The van der Waals surface area contributed by atoms with Gasteiger partial charge in [-0.1, -0.05) is 0 Å². The van der Waals surface area contributed by atoms with Crippen molar-refractivity contribution in [2.75, 3.05) is 13.1 Å². The molecule has 0 atom stereocenters. The van der Waals surface area contributed by atoms with Crippen LogP contribution in [0.2, 0.25) is 0 Å². The van der Waals surface area contributed by atoms with Crippen molar-refractivity contribution in [3.8, 4) is 6.07 Å². The number of fused-ring (bicyclic) bond motifs is 3. The molecule has 1 aromatic carbocycles. The van der Waals surface area contributed by atoms with Gasteiger partial charge in [-0.25, -0.2) is 4.98 Å². The van der Waals surface area contributed by atoms with E-state index in [0.717, 1.165) is 53.7 Å². The van der Waals surface area contributed by atoms with E-state index < -0.39 is 0 Å². The number of nitrogens with one attached hydrogen (secondary N) is 1. The zero-order chi connectivity index (χ0) is 16.3. The van der Waals surface area contributed by atoms with E-state index in [1.807, 2.05) is 17.0 Å². The van der Waals surface area contributed by atoms with Crippen LogP contribution in [-0.4, -0.2) is 38.8 Å². The molecule has 2 aliphatic rings. The molecule has 0 spiro atoms. The third kappa shape index (κ3) is 1.98. The third-order valence-corrected chi connectivity index (χ3v) is 4.97. The van der Waals surface area contributed by atoms with Gasteiger partial charge in [0.1, 0.15) is 5.82 Å². The predicted octanol–water partition coefficient (Wildman–Crippen LogP) is 2.32. The topological polar surface area (TPSA) is 85.7 Å². The van der Waals surface area contributed by atoms with Crippen molar-refractivity contribution >= 4 is 27.8 Å². The number of aromatic nitrogens is 3. The van der Waals surface area contributed by atoms with Crippen LogP contribution in [-0.2, 0) is 4.79 Å². The number of nitrogens with zero attached hydrogens (tertiary/aromatic N) is 4. The molecule has 2 aromatic heterocycles. The number of rotatable bonds is 2. The van der Waals surface area contributed by atoms with Gasteiger partial charge in [0.05, 0.1) is 40.3 Å². The van der Waals surface area contributed by atoms with Gasteiger partial charge >= 0.3 is 0 Å². The van der Waals surface area contributed by atoms with Crippen molar-refractivity contribution < 1.29 is 4.79 Å². The molecule has 2 fully saturated rings. The number of aromatic amines is 1. The average molecular weight is 317 g/mol. The van der Waals surface area contributed by atoms with Gasteiger partial charge in [-0.05, 0) is 31.0 Å². The van der Waals surface area contributed by atoms with Crippen LogP contribution in [0.15, 0.2) is 24.4 Å². The minimum absolute atomic E-state index is 0.259. The first-order valence-corrected chi connectivity index (χ1v) is 8.20. The van der Waals surface area contributed by atoms with Gasteiger partial charge < -0.3 is 9.88 Å². The highest BCUT2D eigenvalue weighted by atomic mass is 16.2. The summed E-state index contributed by atoms with van der Waals surface area (Å²) in [5.41, 5.74) is 3.16. The van der Waals surface area contributed by atoms with Crippen LogP contribution >= 0.6 is 0 Å². The maximum atomic E-state index is 12.0. The Bertz CT molecular complexity index is 1020. The van der Waals surface area contributed by atoms with Gasteiger partial charge in [-0.15, -0.1) is 0 Å². The van der Waals surface area contributed by atoms with Crippen LogP contribution < -0.4 is 0 Å². The number of pyridine rings is 1. The predicted molar refractivity (Wildman–Crippen MR) is 88.2 cm³/mol. The van der Waals surface area contributed by atoms with E-state index in [9.17, 15) is 4.79 Å². The Morgan fingerprint density at radius 3 is 2.92 bits per heavy atom. The van der Waals surface area contributed by atoms with Crippen LogP contribution in [0.4, 0.5) is 0 Å². The van der Waals surface area contributed by atoms with Gasteiger partial charge in [0, 0.05) is 24.4 Å². The number of nitriles is 1. The Morgan fingerprint density at radius 1 is 1.33 bits per heavy atom. The second kappa shape index (κ2) is 4.78. The maximum Gasteiger partial charge on any atom is 0.225 e. The zero-order valence-electron chi connectivity index (χ0n) is 13.0. The van der Waals surface area contributed by atoms with Gasteiger partial charge in [0.2, 0.25) is 5.91 Å². The molecular weight excluding hydrogens is 302 g/mol. The Morgan fingerprint density at radius 2 is 2.17 bits per heavy atom. The quantitative estimate of drug-likeness (QED) is 0.786. The first kappa shape index (κ1) is 13.5. The molecular formula is C18H15N5O. The summed E-state index contributed by atoms with van der Waals surface area (Å²) in [5, 5.41) is 9.99. The Balaban J connectivity index is 1.49. The highest BCUT2D eigenvalue weighted by Crippen LogP contribution is 2.36. The summed E-state index contributed by atoms with van der Waals surface area (Å²) < 4.78 is 0. The molecule has 118 valence electrons. The summed E-state index contributed by atoms with van der Waals surface area (Å²) in [6.07, 6.45) is 3.87. The lowest BCUT2D eigenvalue weighted by Crippen LogP contribution is -2.49. The van der Waals surface area contributed by atoms with Gasteiger partial charge in [0.25, 0.3) is 0 Å². The van der Waals surface area contributed by atoms with E-state index in [2.05, 4.69) is 16.0 Å². The average Bonchev–Trinajstić information content (AvgIpc) is 3.32. The van der Waals surface area contributed by atoms with Crippen molar-refractivity contribution in [1.29, 1.82) is 5.26 Å². The number of hydrogen-bond acceptors (Lipinski definition) is 4. The monoisotopic (exact) mass is 317 g/mol. The Kier molecular flexibility index (Phi) is 2.69. The number of amides is 1. The van der Waals surface area contributed by atoms with Gasteiger partial charge in [0.15, 0.2) is 0 Å². The van der Waals surface area contributed by atoms with Crippen LogP contribution in [0.25, 0.3) is 21.9 Å². The standard InChI is InChI=1S/C18H15N5O/c19-6-10-1-4-14-13(5-10)16-15(7-20-14)21-17(22-16)12-8-23(9-12)18(24)11-2-3-11/h1,4-5,7,11-12H,2-3,8-9H2,(H,21,22). The number of likely N-dealkylation sites (tertiary alicyclic amines) is 1. The molecule has 1 aliphatic heterocycles. The fourth-order valence-electron chi connectivity index (χ4n) is 3.36. The van der Waals surface area contributed by atoms with Gasteiger partial charge in [-0.3, -0.25) is 9.78 Å². The van der Waals surface area contributed by atoms with Crippen LogP contribution in [0.1, 0.15) is 30.1 Å². The van der Waals surface area contributed by atoms with Crippen LogP contribution in [0.3, 0.4) is 0 Å². The Hall–Kier alpha value is -2.94. The second-order valence-corrected chi connectivity index (χ2v) is 6.70. The molecule has 1 amide bonds. The molecule has 1 saturated heterocycles. The van der Waals surface area contributed by atoms with Crippen molar-refractivity contribution in [3.05, 3.63) is 35.8 Å². The van der Waals surface area contributed by atoms with E-state index in [4.69, 9.17) is 10.2 Å². The molecule has 0 bridgehead atoms. The van der Waals surface area contributed by atoms with E-state index in [0.29, 0.717) is 11.5 Å². The number of imidazole rings is 1. The summed E-state index contributed by atoms with van der Waals surface area (Å²) >= 11 is 0. The highest BCUT2D eigenvalue weighted by Gasteiger charge is 2.40. The lowest BCUT2D eigenvalue weighted by molar-refractivity contribution is -0.137. The van der Waals surface area contributed by atoms with Gasteiger partial charge in [-0.2, -0.15) is 5.26 Å². The molecule has 1 aliphatic carbocycles. The second-order valence-electron chi connectivity index (χ2n) is 6.70. The molecule has 3 heterocycles. The van der Waals surface area contributed by atoms with E-state index >= 15 is 0 Å². The minimum Gasteiger partial charge on any atom is -0.341 e. The normalized spacial score (nSPS) is 17.9. The SMILES string of the molecule is N#Cc1ccc2ncc3[nH]c(C4CN(C(=O)C5CC5)C4)nc3c2c1. The minimum atomic E-state index is 0.259. The summed E-state index contributed by atoms with van der Waals surface area (Å²) in [4.78, 5) is 26.5. The highest BCUT2D eigenvalue weighted by molar-refractivity contribution is 6.02. The van der Waals surface area contributed by atoms with Crippen LogP contribution in [0.5, 0.6) is 0 Å². The molecule has 1 N–H and O–H groups in total. The lowest BCUT2D eigenvalue weighted by atomic mass is 9.99. The maximum absolute atomic E-state index is 12.0. The van der Waals surface area contributed by atoms with Crippen LogP contribution in [0, 0.1) is 17.2 Å². The summed E-state index contributed by atoms with van der Waals surface area (Å²) in [5.74, 6) is 1.74. The lowest BCUT2D eigenvalue weighted by Gasteiger charge is -2.38. The zero-order valence-corrected chi connectivity index (χ0v) is 13.0. The molecule has 1 saturated carbocycles. The molecule has 0 unspecified atom stereocenters. The summed E-state index contributed by atoms with van der Waals surface area (Å²) in [6.45, 7) is 1.48. The van der Waals surface area contributed by atoms with Crippen molar-refractivity contribution in [1.82, 2.24) is 19.9 Å². The molecule has 3 aromatic rings. The molecule has 6 heteroatoms. The fraction of sp³-hybridized carbons (Fsp3) is 0.333. The number of carbonyl (C=O) groups is 1.